The zero-order valence-electron chi connectivity index (χ0n) is 7.36. The van der Waals surface area contributed by atoms with Gasteiger partial charge in [0.05, 0.1) is 0 Å². The fourth-order valence-electron chi connectivity index (χ4n) is 1.19. The molecule has 1 rings (SSSR count). The van der Waals surface area contributed by atoms with Crippen molar-refractivity contribution in [3.63, 3.8) is 0 Å². The molecule has 13 heavy (non-hydrogen) atoms. The molecule has 0 spiro atoms. The van der Waals surface area contributed by atoms with E-state index >= 15 is 0 Å². The Labute approximate surface area is 94.9 Å². The minimum atomic E-state index is -0.148. The molecule has 0 nitrogen and oxygen atoms in total. The Morgan fingerprint density at radius 2 is 2.08 bits per heavy atom. The van der Waals surface area contributed by atoms with E-state index in [0.717, 1.165) is 18.4 Å². The van der Waals surface area contributed by atoms with E-state index in [2.05, 4.69) is 38.4 Å². The highest BCUT2D eigenvalue weighted by Gasteiger charge is 2.13. The summed E-state index contributed by atoms with van der Waals surface area (Å²) in [5.41, 5.74) is 1.71. The summed E-state index contributed by atoms with van der Waals surface area (Å²) >= 11 is 6.55. The van der Waals surface area contributed by atoms with Gasteiger partial charge < -0.3 is 0 Å². The molecular formula is C9H10BBr2F. The predicted molar refractivity (Wildman–Crippen MR) is 63.6 cm³/mol. The van der Waals surface area contributed by atoms with E-state index in [0.29, 0.717) is 5.46 Å². The maximum atomic E-state index is 13.4. The van der Waals surface area contributed by atoms with Crippen molar-refractivity contribution in [1.29, 1.82) is 0 Å². The predicted octanol–water partition coefficient (Wildman–Crippen LogP) is 3.26. The first kappa shape index (κ1) is 11.3. The zero-order valence-corrected chi connectivity index (χ0v) is 10.5. The van der Waals surface area contributed by atoms with Crippen LogP contribution in [0.4, 0.5) is 4.39 Å². The van der Waals surface area contributed by atoms with E-state index < -0.39 is 0 Å². The maximum Gasteiger partial charge on any atom is 0.332 e. The molecule has 0 bridgehead atoms. The molecule has 0 saturated carbocycles. The Morgan fingerprint density at radius 3 is 2.54 bits per heavy atom. The zero-order chi connectivity index (χ0) is 9.84. The highest BCUT2D eigenvalue weighted by Crippen LogP contribution is 2.10. The number of halogens is 3. The van der Waals surface area contributed by atoms with Gasteiger partial charge in [-0.1, -0.05) is 25.5 Å². The van der Waals surface area contributed by atoms with Crippen molar-refractivity contribution in [1.82, 2.24) is 0 Å². The minimum Gasteiger partial charge on any atom is -0.208 e. The van der Waals surface area contributed by atoms with Gasteiger partial charge in [0.25, 0.3) is 0 Å². The molecule has 0 aliphatic rings. The van der Waals surface area contributed by atoms with Crippen molar-refractivity contribution in [2.24, 2.45) is 0 Å². The third kappa shape index (κ3) is 3.10. The van der Waals surface area contributed by atoms with Gasteiger partial charge in [0.15, 0.2) is 0 Å². The number of rotatable bonds is 3. The third-order valence-corrected chi connectivity index (χ3v) is 2.83. The van der Waals surface area contributed by atoms with Crippen molar-refractivity contribution in [2.75, 3.05) is 0 Å². The highest BCUT2D eigenvalue weighted by molar-refractivity contribution is 9.49. The molecule has 0 atom stereocenters. The summed E-state index contributed by atoms with van der Waals surface area (Å²) in [4.78, 5) is 0. The van der Waals surface area contributed by atoms with Crippen LogP contribution in [0.5, 0.6) is 0 Å². The van der Waals surface area contributed by atoms with Crippen LogP contribution in [0.2, 0.25) is 0 Å². The Hall–Kier alpha value is 0.175. The second-order valence-corrected chi connectivity index (χ2v) is 5.97. The minimum absolute atomic E-state index is 0.101. The van der Waals surface area contributed by atoms with Gasteiger partial charge in [-0.25, -0.2) is 4.39 Å². The molecule has 0 fully saturated rings. The molecule has 0 aromatic heterocycles. The fourth-order valence-corrected chi connectivity index (χ4v) is 1.93. The number of benzene rings is 1. The molecule has 1 aromatic rings. The van der Waals surface area contributed by atoms with E-state index in [9.17, 15) is 4.39 Å². The van der Waals surface area contributed by atoms with E-state index in [1.54, 1.807) is 6.07 Å². The summed E-state index contributed by atoms with van der Waals surface area (Å²) in [6, 6.07) is 5.39. The van der Waals surface area contributed by atoms with E-state index in [1.165, 1.54) is 0 Å². The average Bonchev–Trinajstić information content (AvgIpc) is 2.04. The molecule has 0 heterocycles. The van der Waals surface area contributed by atoms with Crippen molar-refractivity contribution < 1.29 is 4.39 Å². The third-order valence-electron chi connectivity index (χ3n) is 1.84. The van der Waals surface area contributed by atoms with Crippen LogP contribution < -0.4 is 5.46 Å². The second kappa shape index (κ2) is 5.15. The van der Waals surface area contributed by atoms with Crippen molar-refractivity contribution in [3.8, 4) is 0 Å². The van der Waals surface area contributed by atoms with Crippen LogP contribution in [0.1, 0.15) is 18.9 Å². The largest absolute Gasteiger partial charge is 0.332 e. The van der Waals surface area contributed by atoms with Crippen LogP contribution in [-0.4, -0.2) is 4.36 Å². The first-order valence-electron chi connectivity index (χ1n) is 4.21. The molecule has 1 aromatic carbocycles. The van der Waals surface area contributed by atoms with Gasteiger partial charge in [-0.15, -0.1) is 31.5 Å². The molecule has 0 saturated heterocycles. The van der Waals surface area contributed by atoms with Gasteiger partial charge in [-0.2, -0.15) is 0 Å². The van der Waals surface area contributed by atoms with Gasteiger partial charge in [-0.3, -0.25) is 0 Å². The highest BCUT2D eigenvalue weighted by atomic mass is 79.9. The Balaban J connectivity index is 2.92. The smallest absolute Gasteiger partial charge is 0.208 e. The van der Waals surface area contributed by atoms with Gasteiger partial charge in [0.1, 0.15) is 5.82 Å². The summed E-state index contributed by atoms with van der Waals surface area (Å²) in [7, 11) is 0. The van der Waals surface area contributed by atoms with Crippen LogP contribution in [-0.2, 0) is 6.42 Å². The quantitative estimate of drug-likeness (QED) is 0.752. The lowest BCUT2D eigenvalue weighted by Gasteiger charge is -2.04. The van der Waals surface area contributed by atoms with Crippen molar-refractivity contribution in [3.05, 3.63) is 29.6 Å². The SMILES string of the molecule is CCCc1ccc(B(Br)Br)c(F)c1. The van der Waals surface area contributed by atoms with Crippen LogP contribution in [0.25, 0.3) is 0 Å². The average molecular weight is 308 g/mol. The fraction of sp³-hybridized carbons (Fsp3) is 0.333. The molecule has 4 heteroatoms. The lowest BCUT2D eigenvalue weighted by molar-refractivity contribution is 0.633. The molecule has 70 valence electrons. The molecule has 0 radical (unpaired) electrons. The van der Waals surface area contributed by atoms with Gasteiger partial charge in [-0.05, 0) is 23.5 Å². The summed E-state index contributed by atoms with van der Waals surface area (Å²) in [5.74, 6) is -0.148. The topological polar surface area (TPSA) is 0 Å². The standard InChI is InChI=1S/C9H10BBr2F/c1-2-3-7-4-5-8(10(11)12)9(13)6-7/h4-6H,2-3H2,1H3. The number of hydrogen-bond acceptors (Lipinski definition) is 0. The molecule has 0 aliphatic carbocycles. The summed E-state index contributed by atoms with van der Waals surface area (Å²) < 4.78 is 13.3. The molecule has 0 N–H and O–H groups in total. The van der Waals surface area contributed by atoms with E-state index in [1.807, 2.05) is 12.1 Å². The summed E-state index contributed by atoms with van der Waals surface area (Å²) in [6.07, 6.45) is 1.98. The molecule has 0 aliphatic heterocycles. The van der Waals surface area contributed by atoms with Crippen LogP contribution in [0, 0.1) is 5.82 Å². The summed E-state index contributed by atoms with van der Waals surface area (Å²) in [6.45, 7) is 2.09. The molecular weight excluding hydrogens is 298 g/mol. The monoisotopic (exact) mass is 306 g/mol. The van der Waals surface area contributed by atoms with E-state index in [-0.39, 0.29) is 10.2 Å². The Bertz CT molecular complexity index is 289. The second-order valence-electron chi connectivity index (χ2n) is 2.91. The first-order valence-corrected chi connectivity index (χ1v) is 6.04. The van der Waals surface area contributed by atoms with Crippen molar-refractivity contribution in [2.45, 2.75) is 19.8 Å². The Morgan fingerprint density at radius 1 is 1.38 bits per heavy atom. The van der Waals surface area contributed by atoms with Crippen LogP contribution in [0.3, 0.4) is 0 Å². The number of hydrogen-bond donors (Lipinski definition) is 0. The molecule has 0 unspecified atom stereocenters. The maximum absolute atomic E-state index is 13.4. The number of aryl methyl sites for hydroxylation is 1. The van der Waals surface area contributed by atoms with Crippen LogP contribution >= 0.6 is 31.5 Å². The lowest BCUT2D eigenvalue weighted by Crippen LogP contribution is -2.21. The Kier molecular flexibility index (Phi) is 4.46. The van der Waals surface area contributed by atoms with E-state index in [4.69, 9.17) is 0 Å². The first-order chi connectivity index (χ1) is 6.15. The van der Waals surface area contributed by atoms with Crippen molar-refractivity contribution >= 4 is 41.3 Å². The normalized spacial score (nSPS) is 10.2. The summed E-state index contributed by atoms with van der Waals surface area (Å²) in [5, 5.41) is 0. The van der Waals surface area contributed by atoms with Gasteiger partial charge >= 0.3 is 4.36 Å². The lowest BCUT2D eigenvalue weighted by atomic mass is 9.93. The molecule has 0 amide bonds. The van der Waals surface area contributed by atoms with Gasteiger partial charge in [0.2, 0.25) is 0 Å². The van der Waals surface area contributed by atoms with Crippen LogP contribution in [0.15, 0.2) is 18.2 Å². The van der Waals surface area contributed by atoms with Gasteiger partial charge in [0, 0.05) is 0 Å².